The van der Waals surface area contributed by atoms with Gasteiger partial charge in [-0.3, -0.25) is 5.41 Å². The van der Waals surface area contributed by atoms with Crippen molar-refractivity contribution >= 4 is 27.6 Å². The molecule has 2 N–H and O–H groups in total. The summed E-state index contributed by atoms with van der Waals surface area (Å²) in [6, 6.07) is 24.8. The fraction of sp³-hybridized carbons (Fsp3) is 0.148. The van der Waals surface area contributed by atoms with E-state index in [2.05, 4.69) is 77.3 Å². The number of nitrogens with one attached hydrogen (secondary N) is 2. The van der Waals surface area contributed by atoms with E-state index in [1.54, 1.807) is 0 Å². The molecule has 4 aromatic rings. The van der Waals surface area contributed by atoms with Crippen LogP contribution in [0.15, 0.2) is 102 Å². The third-order valence-corrected chi connectivity index (χ3v) is 5.67. The molecule has 0 saturated heterocycles. The van der Waals surface area contributed by atoms with Crippen molar-refractivity contribution in [2.75, 3.05) is 0 Å². The van der Waals surface area contributed by atoms with Crippen molar-refractivity contribution in [3.05, 3.63) is 108 Å². The number of benzene rings is 3. The Kier molecular flexibility index (Phi) is 6.18. The largest absolute Gasteiger partial charge is 0.336 e. The van der Waals surface area contributed by atoms with Crippen molar-refractivity contribution in [1.29, 1.82) is 10.9 Å². The minimum atomic E-state index is -0.0172. The Labute approximate surface area is 182 Å². The van der Waals surface area contributed by atoms with Crippen molar-refractivity contribution in [2.45, 2.75) is 26.3 Å². The van der Waals surface area contributed by atoms with Crippen LogP contribution in [0, 0.1) is 10.9 Å². The molecule has 0 aliphatic carbocycles. The molecule has 1 heterocycles. The highest BCUT2D eigenvalue weighted by Crippen LogP contribution is 2.31. The Hall–Kier alpha value is -3.79. The van der Waals surface area contributed by atoms with Crippen LogP contribution in [0.25, 0.3) is 21.8 Å². The lowest BCUT2D eigenvalue weighted by molar-refractivity contribution is 0.825. The number of para-hydroxylation sites is 1. The number of aromatic nitrogens is 1. The van der Waals surface area contributed by atoms with Crippen LogP contribution in [0.3, 0.4) is 0 Å². The van der Waals surface area contributed by atoms with Gasteiger partial charge in [0, 0.05) is 33.9 Å². The van der Waals surface area contributed by atoms with Gasteiger partial charge in [0.25, 0.3) is 0 Å². The van der Waals surface area contributed by atoms with Gasteiger partial charge in [-0.1, -0.05) is 72.3 Å². The molecule has 154 valence electrons. The van der Waals surface area contributed by atoms with Crippen LogP contribution in [-0.4, -0.2) is 10.4 Å². The summed E-state index contributed by atoms with van der Waals surface area (Å²) in [4.78, 5) is 0. The molecule has 1 aromatic heterocycles. The predicted molar refractivity (Wildman–Crippen MR) is 129 cm³/mol. The Bertz CT molecular complexity index is 1290. The van der Waals surface area contributed by atoms with Crippen LogP contribution in [-0.2, 0) is 13.0 Å². The highest BCUT2D eigenvalue weighted by atomic mass is 15.0. The van der Waals surface area contributed by atoms with Crippen molar-refractivity contribution < 1.29 is 0 Å². The maximum Gasteiger partial charge on any atom is 0.173 e. The summed E-state index contributed by atoms with van der Waals surface area (Å²) in [6.45, 7) is 2.92. The maximum absolute atomic E-state index is 7.89. The highest BCUT2D eigenvalue weighted by Gasteiger charge is 2.13. The second-order valence-corrected chi connectivity index (χ2v) is 7.61. The zero-order valence-corrected chi connectivity index (χ0v) is 17.7. The first-order valence-corrected chi connectivity index (χ1v) is 10.5. The minimum Gasteiger partial charge on any atom is -0.336 e. The molecule has 4 rings (SSSR count). The molecule has 0 saturated carbocycles. The molecule has 0 bridgehead atoms. The van der Waals surface area contributed by atoms with Crippen LogP contribution >= 0.6 is 0 Å². The fourth-order valence-electron chi connectivity index (χ4n) is 3.98. The van der Waals surface area contributed by atoms with Crippen LogP contribution in [0.1, 0.15) is 24.5 Å². The molecule has 0 aliphatic heterocycles. The first kappa shape index (κ1) is 20.5. The Morgan fingerprint density at radius 3 is 2.42 bits per heavy atom. The van der Waals surface area contributed by atoms with Crippen molar-refractivity contribution in [3.63, 3.8) is 0 Å². The van der Waals surface area contributed by atoms with Gasteiger partial charge in [-0.25, -0.2) is 5.53 Å². The van der Waals surface area contributed by atoms with Gasteiger partial charge in [0.2, 0.25) is 0 Å². The van der Waals surface area contributed by atoms with Gasteiger partial charge in [-0.2, -0.15) is 0 Å². The second kappa shape index (κ2) is 9.35. The van der Waals surface area contributed by atoms with E-state index in [4.69, 9.17) is 10.9 Å². The first-order valence-electron chi connectivity index (χ1n) is 10.5. The summed E-state index contributed by atoms with van der Waals surface area (Å²) < 4.78 is 2.34. The molecule has 31 heavy (non-hydrogen) atoms. The third kappa shape index (κ3) is 4.38. The van der Waals surface area contributed by atoms with E-state index in [9.17, 15) is 0 Å². The molecule has 0 radical (unpaired) electrons. The third-order valence-electron chi connectivity index (χ3n) is 5.67. The average Bonchev–Trinajstić information content (AvgIpc) is 3.14. The van der Waals surface area contributed by atoms with E-state index >= 15 is 0 Å². The van der Waals surface area contributed by atoms with Crippen LogP contribution in [0.5, 0.6) is 0 Å². The predicted octanol–water partition coefficient (Wildman–Crippen LogP) is 7.29. The molecule has 0 fully saturated rings. The molecule has 4 heteroatoms. The van der Waals surface area contributed by atoms with E-state index in [0.29, 0.717) is 5.56 Å². The maximum atomic E-state index is 7.89. The van der Waals surface area contributed by atoms with E-state index in [0.717, 1.165) is 35.7 Å². The van der Waals surface area contributed by atoms with Crippen LogP contribution in [0.4, 0.5) is 0 Å². The Morgan fingerprint density at radius 2 is 1.65 bits per heavy atom. The minimum absolute atomic E-state index is 0.0172. The van der Waals surface area contributed by atoms with Gasteiger partial charge < -0.3 is 4.57 Å². The second-order valence-electron chi connectivity index (χ2n) is 7.61. The van der Waals surface area contributed by atoms with Gasteiger partial charge in [-0.05, 0) is 49.6 Å². The van der Waals surface area contributed by atoms with Gasteiger partial charge >= 0.3 is 0 Å². The number of amidine groups is 1. The summed E-state index contributed by atoms with van der Waals surface area (Å²) in [6.07, 6.45) is 8.57. The summed E-state index contributed by atoms with van der Waals surface area (Å²) in [5.41, 5.74) is 12.8. The van der Waals surface area contributed by atoms with Gasteiger partial charge in [0.1, 0.15) is 0 Å². The summed E-state index contributed by atoms with van der Waals surface area (Å²) in [7, 11) is 0. The van der Waals surface area contributed by atoms with E-state index in [1.165, 1.54) is 16.7 Å². The number of hydrogen-bond donors (Lipinski definition) is 2. The fourth-order valence-corrected chi connectivity index (χ4v) is 3.98. The molecular formula is C27H26N4. The lowest BCUT2D eigenvalue weighted by Crippen LogP contribution is -2.01. The molecule has 0 amide bonds. The van der Waals surface area contributed by atoms with E-state index < -0.39 is 0 Å². The average molecular weight is 407 g/mol. The van der Waals surface area contributed by atoms with Gasteiger partial charge in [0.15, 0.2) is 5.84 Å². The number of nitrogens with zero attached hydrogens (tertiary/aromatic N) is 2. The number of fused-ring (bicyclic) bond motifs is 3. The van der Waals surface area contributed by atoms with E-state index in [1.807, 2.05) is 30.3 Å². The zero-order valence-electron chi connectivity index (χ0n) is 17.7. The smallest absolute Gasteiger partial charge is 0.173 e. The van der Waals surface area contributed by atoms with Crippen LogP contribution in [0.2, 0.25) is 0 Å². The van der Waals surface area contributed by atoms with Crippen LogP contribution < -0.4 is 0 Å². The Morgan fingerprint density at radius 1 is 0.903 bits per heavy atom. The summed E-state index contributed by atoms with van der Waals surface area (Å²) >= 11 is 0. The SMILES string of the molecule is C/C=C(\C/C=C\Cc1ccccc1)Cn1c2ccccc2c2cc(C(=N)N=N)ccc21. The van der Waals surface area contributed by atoms with Crippen molar-refractivity contribution in [2.24, 2.45) is 5.11 Å². The number of allylic oxidation sites excluding steroid dienone is 4. The highest BCUT2D eigenvalue weighted by molar-refractivity contribution is 6.11. The first-order chi connectivity index (χ1) is 15.2. The monoisotopic (exact) mass is 406 g/mol. The normalized spacial score (nSPS) is 12.1. The van der Waals surface area contributed by atoms with Crippen molar-refractivity contribution in [1.82, 2.24) is 4.57 Å². The van der Waals surface area contributed by atoms with Gasteiger partial charge in [0.05, 0.1) is 0 Å². The molecule has 0 unspecified atom stereocenters. The van der Waals surface area contributed by atoms with Gasteiger partial charge in [-0.15, -0.1) is 5.11 Å². The lowest BCUT2D eigenvalue weighted by Gasteiger charge is -2.10. The zero-order chi connectivity index (χ0) is 21.6. The number of hydrogen-bond acceptors (Lipinski definition) is 2. The molecule has 3 aromatic carbocycles. The lowest BCUT2D eigenvalue weighted by atomic mass is 10.1. The molecular weight excluding hydrogens is 380 g/mol. The molecule has 4 nitrogen and oxygen atoms in total. The van der Waals surface area contributed by atoms with E-state index in [-0.39, 0.29) is 5.84 Å². The Balaban J connectivity index is 1.61. The number of rotatable bonds is 7. The quantitative estimate of drug-likeness (QED) is 0.140. The molecule has 0 aliphatic rings. The van der Waals surface area contributed by atoms with Crippen molar-refractivity contribution in [3.8, 4) is 0 Å². The summed E-state index contributed by atoms with van der Waals surface area (Å²) in [5.74, 6) is -0.0172. The topological polar surface area (TPSA) is 65.0 Å². The standard InChI is InChI=1S/C27H26N4/c1-2-20(10-6-7-13-21-11-4-3-5-12-21)19-31-25-15-9-8-14-23(25)24-18-22(27(28)30-29)16-17-26(24)31/h2-9,11-12,14-18,28-29H,10,13,19H2,1H3/b7-6-,20-2+,28-27?,30-29?. The molecule has 0 atom stereocenters. The summed E-state index contributed by atoms with van der Waals surface area (Å²) in [5, 5.41) is 13.4. The molecule has 0 spiro atoms.